The predicted octanol–water partition coefficient (Wildman–Crippen LogP) is 3.18. The number of rotatable bonds is 4. The number of anilines is 1. The van der Waals surface area contributed by atoms with Crippen molar-refractivity contribution >= 4 is 11.7 Å². The van der Waals surface area contributed by atoms with Crippen LogP contribution in [0.15, 0.2) is 48.7 Å². The van der Waals surface area contributed by atoms with Crippen molar-refractivity contribution in [1.82, 2.24) is 10.3 Å². The van der Waals surface area contributed by atoms with Crippen molar-refractivity contribution in [3.05, 3.63) is 59.8 Å². The van der Waals surface area contributed by atoms with Gasteiger partial charge in [-0.2, -0.15) is 0 Å². The number of nitrogens with zero attached hydrogens (tertiary/aromatic N) is 1. The van der Waals surface area contributed by atoms with Crippen LogP contribution in [0.3, 0.4) is 0 Å². The van der Waals surface area contributed by atoms with E-state index in [-0.39, 0.29) is 5.91 Å². The molecule has 1 heterocycles. The molecule has 3 N–H and O–H groups in total. The first kappa shape index (κ1) is 15.5. The molecule has 0 aliphatic heterocycles. The largest absolute Gasteiger partial charge is 0.383 e. The summed E-state index contributed by atoms with van der Waals surface area (Å²) < 4.78 is 0. The molecular formula is C19H23N3O. The number of pyridine rings is 1. The van der Waals surface area contributed by atoms with E-state index in [1.54, 1.807) is 6.20 Å². The van der Waals surface area contributed by atoms with Crippen LogP contribution in [0.5, 0.6) is 0 Å². The summed E-state index contributed by atoms with van der Waals surface area (Å²) in [4.78, 5) is 17.1. The number of hydrogen-bond donors (Lipinski definition) is 2. The van der Waals surface area contributed by atoms with Crippen LogP contribution in [0.25, 0.3) is 0 Å². The molecule has 120 valence electrons. The summed E-state index contributed by atoms with van der Waals surface area (Å²) in [5.41, 5.74) is 7.44. The predicted molar refractivity (Wildman–Crippen MR) is 91.7 cm³/mol. The van der Waals surface area contributed by atoms with Crippen molar-refractivity contribution in [3.8, 4) is 0 Å². The Balaban J connectivity index is 1.80. The molecule has 1 aromatic heterocycles. The maximum atomic E-state index is 13.0. The van der Waals surface area contributed by atoms with Gasteiger partial charge in [-0.05, 0) is 24.5 Å². The van der Waals surface area contributed by atoms with Gasteiger partial charge in [-0.25, -0.2) is 4.98 Å². The zero-order valence-electron chi connectivity index (χ0n) is 13.3. The lowest BCUT2D eigenvalue weighted by atomic mass is 9.68. The molecule has 0 unspecified atom stereocenters. The number of carbonyl (C=O) groups excluding carboxylic acids is 1. The van der Waals surface area contributed by atoms with Crippen LogP contribution in [-0.2, 0) is 16.8 Å². The molecule has 0 saturated heterocycles. The smallest absolute Gasteiger partial charge is 0.230 e. The third kappa shape index (κ3) is 3.21. The molecule has 0 spiro atoms. The Morgan fingerprint density at radius 3 is 2.52 bits per heavy atom. The Labute approximate surface area is 137 Å². The fraction of sp³-hybridized carbons (Fsp3) is 0.368. The van der Waals surface area contributed by atoms with E-state index in [0.29, 0.717) is 12.4 Å². The molecule has 1 saturated carbocycles. The quantitative estimate of drug-likeness (QED) is 0.911. The number of aromatic nitrogens is 1. The summed E-state index contributed by atoms with van der Waals surface area (Å²) >= 11 is 0. The van der Waals surface area contributed by atoms with Crippen LogP contribution < -0.4 is 11.1 Å². The summed E-state index contributed by atoms with van der Waals surface area (Å²) in [5.74, 6) is 0.580. The monoisotopic (exact) mass is 309 g/mol. The second kappa shape index (κ2) is 6.82. The Morgan fingerprint density at radius 1 is 1.09 bits per heavy atom. The maximum Gasteiger partial charge on any atom is 0.230 e. The highest BCUT2D eigenvalue weighted by Crippen LogP contribution is 2.39. The molecule has 2 aromatic rings. The van der Waals surface area contributed by atoms with Gasteiger partial charge in [0.1, 0.15) is 5.82 Å². The molecule has 0 atom stereocenters. The number of benzene rings is 1. The highest BCUT2D eigenvalue weighted by molar-refractivity contribution is 5.88. The van der Waals surface area contributed by atoms with Gasteiger partial charge in [-0.15, -0.1) is 0 Å². The van der Waals surface area contributed by atoms with Gasteiger partial charge in [-0.1, -0.05) is 55.7 Å². The van der Waals surface area contributed by atoms with Crippen LogP contribution in [0.2, 0.25) is 0 Å². The van der Waals surface area contributed by atoms with E-state index in [1.165, 1.54) is 6.42 Å². The van der Waals surface area contributed by atoms with Gasteiger partial charge < -0.3 is 11.1 Å². The molecule has 23 heavy (non-hydrogen) atoms. The normalized spacial score (nSPS) is 16.7. The minimum atomic E-state index is -0.406. The van der Waals surface area contributed by atoms with Gasteiger partial charge >= 0.3 is 0 Å². The highest BCUT2D eigenvalue weighted by Gasteiger charge is 2.40. The zero-order valence-corrected chi connectivity index (χ0v) is 13.3. The number of nitrogens with two attached hydrogens (primary N) is 1. The number of nitrogen functional groups attached to an aromatic ring is 1. The van der Waals surface area contributed by atoms with E-state index < -0.39 is 5.41 Å². The van der Waals surface area contributed by atoms with Crippen molar-refractivity contribution < 1.29 is 4.79 Å². The Morgan fingerprint density at radius 2 is 1.83 bits per heavy atom. The van der Waals surface area contributed by atoms with Crippen LogP contribution in [0.4, 0.5) is 5.82 Å². The minimum Gasteiger partial charge on any atom is -0.383 e. The molecule has 1 amide bonds. The lowest BCUT2D eigenvalue weighted by Crippen LogP contribution is -2.45. The minimum absolute atomic E-state index is 0.103. The number of nitrogens with one attached hydrogen (secondary N) is 1. The van der Waals surface area contributed by atoms with Crippen LogP contribution in [-0.4, -0.2) is 10.9 Å². The van der Waals surface area contributed by atoms with Crippen LogP contribution in [0.1, 0.15) is 43.2 Å². The summed E-state index contributed by atoms with van der Waals surface area (Å²) in [5, 5.41) is 3.09. The fourth-order valence-corrected chi connectivity index (χ4v) is 3.50. The van der Waals surface area contributed by atoms with Crippen molar-refractivity contribution in [2.45, 2.75) is 44.1 Å². The second-order valence-electron chi connectivity index (χ2n) is 6.24. The fourth-order valence-electron chi connectivity index (χ4n) is 3.50. The molecule has 3 rings (SSSR count). The lowest BCUT2D eigenvalue weighted by Gasteiger charge is -2.36. The van der Waals surface area contributed by atoms with Gasteiger partial charge in [0, 0.05) is 18.3 Å². The molecule has 1 fully saturated rings. The zero-order chi connectivity index (χ0) is 16.1. The van der Waals surface area contributed by atoms with E-state index in [2.05, 4.69) is 22.4 Å². The average molecular weight is 309 g/mol. The second-order valence-corrected chi connectivity index (χ2v) is 6.24. The standard InChI is InChI=1S/C19H23N3O/c20-17-15(8-7-13-21-17)14-22-18(23)19(11-5-2-6-12-19)16-9-3-1-4-10-16/h1,3-4,7-10,13H,2,5-6,11-12,14H2,(H2,20,21)(H,22,23). The number of amides is 1. The Kier molecular flexibility index (Phi) is 4.60. The first-order valence-corrected chi connectivity index (χ1v) is 8.25. The maximum absolute atomic E-state index is 13.0. The van der Waals surface area contributed by atoms with E-state index in [1.807, 2.05) is 30.3 Å². The summed E-state index contributed by atoms with van der Waals surface area (Å²) in [6, 6.07) is 13.9. The lowest BCUT2D eigenvalue weighted by molar-refractivity contribution is -0.128. The number of carbonyl (C=O) groups is 1. The third-order valence-electron chi connectivity index (χ3n) is 4.83. The molecule has 0 bridgehead atoms. The van der Waals surface area contributed by atoms with Crippen molar-refractivity contribution in [1.29, 1.82) is 0 Å². The average Bonchev–Trinajstić information content (AvgIpc) is 2.62. The molecule has 1 aliphatic rings. The first-order chi connectivity index (χ1) is 11.2. The SMILES string of the molecule is Nc1ncccc1CNC(=O)C1(c2ccccc2)CCCCC1. The Bertz CT molecular complexity index is 663. The third-order valence-corrected chi connectivity index (χ3v) is 4.83. The van der Waals surface area contributed by atoms with Crippen molar-refractivity contribution in [3.63, 3.8) is 0 Å². The van der Waals surface area contributed by atoms with E-state index in [0.717, 1.165) is 36.8 Å². The summed E-state index contributed by atoms with van der Waals surface area (Å²) in [6.45, 7) is 0.424. The number of hydrogen-bond acceptors (Lipinski definition) is 3. The van der Waals surface area contributed by atoms with E-state index in [9.17, 15) is 4.79 Å². The Hall–Kier alpha value is -2.36. The van der Waals surface area contributed by atoms with Gasteiger partial charge in [0.25, 0.3) is 0 Å². The first-order valence-electron chi connectivity index (χ1n) is 8.25. The van der Waals surface area contributed by atoms with Gasteiger partial charge in [0.05, 0.1) is 5.41 Å². The molecule has 0 radical (unpaired) electrons. The van der Waals surface area contributed by atoms with Gasteiger partial charge in [-0.3, -0.25) is 4.79 Å². The molecule has 1 aromatic carbocycles. The van der Waals surface area contributed by atoms with Gasteiger partial charge in [0.15, 0.2) is 0 Å². The summed E-state index contributed by atoms with van der Waals surface area (Å²) in [6.07, 6.45) is 6.87. The van der Waals surface area contributed by atoms with E-state index >= 15 is 0 Å². The highest BCUT2D eigenvalue weighted by atomic mass is 16.2. The van der Waals surface area contributed by atoms with Crippen LogP contribution in [0, 0.1) is 0 Å². The van der Waals surface area contributed by atoms with Crippen molar-refractivity contribution in [2.75, 3.05) is 5.73 Å². The van der Waals surface area contributed by atoms with Gasteiger partial charge in [0.2, 0.25) is 5.91 Å². The molecule has 1 aliphatic carbocycles. The van der Waals surface area contributed by atoms with E-state index in [4.69, 9.17) is 5.73 Å². The van der Waals surface area contributed by atoms with Crippen molar-refractivity contribution in [2.24, 2.45) is 0 Å². The molecule has 4 heteroatoms. The topological polar surface area (TPSA) is 68.0 Å². The molecular weight excluding hydrogens is 286 g/mol. The summed E-state index contributed by atoms with van der Waals surface area (Å²) in [7, 11) is 0. The van der Waals surface area contributed by atoms with Crippen LogP contribution >= 0.6 is 0 Å². The molecule has 4 nitrogen and oxygen atoms in total.